The van der Waals surface area contributed by atoms with E-state index in [0.717, 1.165) is 37.1 Å². The molecule has 0 unspecified atom stereocenters. The van der Waals surface area contributed by atoms with Crippen LogP contribution in [0.5, 0.6) is 11.5 Å². The number of ether oxygens (including phenoxy) is 2. The Morgan fingerprint density at radius 1 is 1.39 bits per heavy atom. The number of benzene rings is 1. The van der Waals surface area contributed by atoms with Crippen molar-refractivity contribution in [1.29, 1.82) is 0 Å². The third-order valence-electron chi connectivity index (χ3n) is 4.72. The van der Waals surface area contributed by atoms with E-state index in [1.165, 1.54) is 0 Å². The quantitative estimate of drug-likeness (QED) is 0.845. The van der Waals surface area contributed by atoms with Crippen LogP contribution in [0, 0.1) is 5.41 Å². The first kappa shape index (κ1) is 15.9. The molecule has 0 saturated carbocycles. The van der Waals surface area contributed by atoms with Gasteiger partial charge < -0.3 is 19.5 Å². The van der Waals surface area contributed by atoms with E-state index in [1.807, 2.05) is 29.2 Å². The molecule has 1 atom stereocenters. The minimum atomic E-state index is -0.232. The Hall–Kier alpha value is -2.01. The Bertz CT molecular complexity index is 601. The highest BCUT2D eigenvalue weighted by Crippen LogP contribution is 2.35. The molecule has 1 fully saturated rings. The van der Waals surface area contributed by atoms with Gasteiger partial charge in [0.15, 0.2) is 11.5 Å². The average molecular weight is 317 g/mol. The zero-order chi connectivity index (χ0) is 16.3. The first-order chi connectivity index (χ1) is 11.2. The molecular formula is C18H23NO4. The molecule has 0 radical (unpaired) electrons. The number of amides is 1. The van der Waals surface area contributed by atoms with Crippen molar-refractivity contribution in [2.24, 2.45) is 5.41 Å². The Morgan fingerprint density at radius 3 is 3.00 bits per heavy atom. The summed E-state index contributed by atoms with van der Waals surface area (Å²) in [7, 11) is 0. The number of aliphatic hydroxyl groups excluding tert-OH is 1. The molecule has 0 aliphatic carbocycles. The van der Waals surface area contributed by atoms with Gasteiger partial charge in [-0.25, -0.2) is 0 Å². The van der Waals surface area contributed by atoms with Crippen molar-refractivity contribution in [2.45, 2.75) is 25.7 Å². The van der Waals surface area contributed by atoms with E-state index in [-0.39, 0.29) is 24.7 Å². The summed E-state index contributed by atoms with van der Waals surface area (Å²) in [6.45, 7) is 5.45. The highest BCUT2D eigenvalue weighted by atomic mass is 16.7. The molecule has 124 valence electrons. The molecule has 2 aliphatic heterocycles. The van der Waals surface area contributed by atoms with Crippen molar-refractivity contribution in [1.82, 2.24) is 4.90 Å². The van der Waals surface area contributed by atoms with Crippen molar-refractivity contribution in [3.63, 3.8) is 0 Å². The van der Waals surface area contributed by atoms with E-state index in [0.29, 0.717) is 18.7 Å². The summed E-state index contributed by atoms with van der Waals surface area (Å²) in [5.41, 5.74) is 0.688. The van der Waals surface area contributed by atoms with Crippen molar-refractivity contribution >= 4 is 5.91 Å². The van der Waals surface area contributed by atoms with Crippen molar-refractivity contribution < 1.29 is 19.4 Å². The van der Waals surface area contributed by atoms with Gasteiger partial charge in [0, 0.05) is 18.5 Å². The van der Waals surface area contributed by atoms with Gasteiger partial charge >= 0.3 is 0 Å². The van der Waals surface area contributed by atoms with Crippen LogP contribution in [0.3, 0.4) is 0 Å². The summed E-state index contributed by atoms with van der Waals surface area (Å²) in [6.07, 6.45) is 4.76. The first-order valence-electron chi connectivity index (χ1n) is 8.04. The maximum Gasteiger partial charge on any atom is 0.231 e. The number of hydrogen-bond acceptors (Lipinski definition) is 4. The Labute approximate surface area is 136 Å². The van der Waals surface area contributed by atoms with Gasteiger partial charge in [0.05, 0.1) is 13.0 Å². The molecule has 0 bridgehead atoms. The number of aliphatic hydroxyl groups is 1. The molecule has 1 aromatic rings. The van der Waals surface area contributed by atoms with Gasteiger partial charge in [-0.2, -0.15) is 0 Å². The summed E-state index contributed by atoms with van der Waals surface area (Å²) >= 11 is 0. The van der Waals surface area contributed by atoms with Gasteiger partial charge in [-0.3, -0.25) is 4.79 Å². The lowest BCUT2D eigenvalue weighted by Crippen LogP contribution is -2.48. The zero-order valence-electron chi connectivity index (χ0n) is 13.3. The number of carbonyl (C=O) groups excluding carboxylic acids is 1. The molecule has 5 nitrogen and oxygen atoms in total. The topological polar surface area (TPSA) is 59.0 Å². The Balaban J connectivity index is 1.67. The molecule has 3 rings (SSSR count). The van der Waals surface area contributed by atoms with Crippen molar-refractivity contribution in [2.75, 3.05) is 26.5 Å². The number of fused-ring (bicyclic) bond motifs is 1. The highest BCUT2D eigenvalue weighted by Gasteiger charge is 2.35. The van der Waals surface area contributed by atoms with Crippen LogP contribution in [-0.4, -0.2) is 42.4 Å². The molecule has 2 heterocycles. The first-order valence-corrected chi connectivity index (χ1v) is 8.04. The fraction of sp³-hybridized carbons (Fsp3) is 0.500. The second-order valence-corrected chi connectivity index (χ2v) is 6.43. The molecule has 1 aromatic carbocycles. The molecule has 23 heavy (non-hydrogen) atoms. The molecule has 5 heteroatoms. The van der Waals surface area contributed by atoms with Gasteiger partial charge in [0.25, 0.3) is 0 Å². The fourth-order valence-electron chi connectivity index (χ4n) is 3.42. The summed E-state index contributed by atoms with van der Waals surface area (Å²) in [6, 6.07) is 5.61. The summed E-state index contributed by atoms with van der Waals surface area (Å²) in [5, 5.41) is 9.75. The molecule has 1 N–H and O–H groups in total. The predicted molar refractivity (Wildman–Crippen MR) is 86.4 cm³/mol. The van der Waals surface area contributed by atoms with Crippen LogP contribution in [0.1, 0.15) is 24.8 Å². The standard InChI is InChI=1S/C18H23NO4/c1-2-6-18(12-20)7-3-8-19(11-18)17(21)10-14-4-5-15-16(9-14)23-13-22-15/h2,4-5,9,20H,1,3,6-8,10-13H2/t18-/m0/s1. The minimum absolute atomic E-state index is 0.0884. The van der Waals surface area contributed by atoms with Gasteiger partial charge in [0.2, 0.25) is 12.7 Å². The highest BCUT2D eigenvalue weighted by molar-refractivity contribution is 5.79. The van der Waals surface area contributed by atoms with Gasteiger partial charge in [-0.05, 0) is 37.0 Å². The third-order valence-corrected chi connectivity index (χ3v) is 4.72. The normalized spacial score (nSPS) is 22.9. The lowest BCUT2D eigenvalue weighted by Gasteiger charge is -2.41. The lowest BCUT2D eigenvalue weighted by molar-refractivity contribution is -0.134. The number of nitrogens with zero attached hydrogens (tertiary/aromatic N) is 1. The maximum atomic E-state index is 12.6. The van der Waals surface area contributed by atoms with Gasteiger partial charge in [0.1, 0.15) is 0 Å². The van der Waals surface area contributed by atoms with E-state index in [9.17, 15) is 9.90 Å². The number of hydrogen-bond donors (Lipinski definition) is 1. The zero-order valence-corrected chi connectivity index (χ0v) is 13.3. The average Bonchev–Trinajstić information content (AvgIpc) is 3.03. The lowest BCUT2D eigenvalue weighted by atomic mass is 9.77. The summed E-state index contributed by atoms with van der Waals surface area (Å²) in [4.78, 5) is 14.5. The Kier molecular flexibility index (Phi) is 4.57. The smallest absolute Gasteiger partial charge is 0.231 e. The SMILES string of the molecule is C=CC[C@]1(CO)CCCN(C(=O)Cc2ccc3c(c2)OCO3)C1. The minimum Gasteiger partial charge on any atom is -0.454 e. The molecule has 1 amide bonds. The van der Waals surface area contributed by atoms with Gasteiger partial charge in [-0.1, -0.05) is 12.1 Å². The number of piperidine rings is 1. The largest absolute Gasteiger partial charge is 0.454 e. The summed E-state index contributed by atoms with van der Waals surface area (Å²) in [5.74, 6) is 1.51. The molecule has 2 aliphatic rings. The van der Waals surface area contributed by atoms with Crippen LogP contribution in [0.15, 0.2) is 30.9 Å². The van der Waals surface area contributed by atoms with Crippen LogP contribution in [0.4, 0.5) is 0 Å². The molecular weight excluding hydrogens is 294 g/mol. The molecule has 1 saturated heterocycles. The van der Waals surface area contributed by atoms with E-state index in [2.05, 4.69) is 6.58 Å². The van der Waals surface area contributed by atoms with E-state index >= 15 is 0 Å². The van der Waals surface area contributed by atoms with Crippen LogP contribution < -0.4 is 9.47 Å². The second kappa shape index (κ2) is 6.62. The second-order valence-electron chi connectivity index (χ2n) is 6.43. The van der Waals surface area contributed by atoms with Crippen molar-refractivity contribution in [3.8, 4) is 11.5 Å². The van der Waals surface area contributed by atoms with E-state index < -0.39 is 0 Å². The summed E-state index contributed by atoms with van der Waals surface area (Å²) < 4.78 is 10.6. The maximum absolute atomic E-state index is 12.6. The number of rotatable bonds is 5. The van der Waals surface area contributed by atoms with E-state index in [4.69, 9.17) is 9.47 Å². The number of carbonyl (C=O) groups is 1. The fourth-order valence-corrected chi connectivity index (χ4v) is 3.42. The molecule has 0 spiro atoms. The Morgan fingerprint density at radius 2 is 2.22 bits per heavy atom. The van der Waals surface area contributed by atoms with Crippen LogP contribution >= 0.6 is 0 Å². The molecule has 0 aromatic heterocycles. The van der Waals surface area contributed by atoms with Crippen LogP contribution in [-0.2, 0) is 11.2 Å². The number of likely N-dealkylation sites (tertiary alicyclic amines) is 1. The van der Waals surface area contributed by atoms with E-state index in [1.54, 1.807) is 0 Å². The van der Waals surface area contributed by atoms with Crippen molar-refractivity contribution in [3.05, 3.63) is 36.4 Å². The number of allylic oxidation sites excluding steroid dienone is 1. The monoisotopic (exact) mass is 317 g/mol. The predicted octanol–water partition coefficient (Wildman–Crippen LogP) is 2.13. The van der Waals surface area contributed by atoms with Crippen LogP contribution in [0.2, 0.25) is 0 Å². The third kappa shape index (κ3) is 3.34. The van der Waals surface area contributed by atoms with Crippen LogP contribution in [0.25, 0.3) is 0 Å². The van der Waals surface area contributed by atoms with Gasteiger partial charge in [-0.15, -0.1) is 6.58 Å².